The van der Waals surface area contributed by atoms with Crippen molar-refractivity contribution in [3.8, 4) is 50.5 Å². The van der Waals surface area contributed by atoms with Crippen LogP contribution in [0.1, 0.15) is 0 Å². The van der Waals surface area contributed by atoms with E-state index in [0.29, 0.717) is 0 Å². The van der Waals surface area contributed by atoms with Crippen LogP contribution in [0.15, 0.2) is 192 Å². The van der Waals surface area contributed by atoms with E-state index in [1.807, 2.05) is 6.07 Å². The van der Waals surface area contributed by atoms with Crippen molar-refractivity contribution in [3.63, 3.8) is 0 Å². The molecule has 2 aromatic heterocycles. The number of rotatable bonds is 5. The molecule has 2 nitrogen and oxygen atoms in total. The normalized spacial score (nSPS) is 11.6. The molecule has 0 aliphatic heterocycles. The maximum atomic E-state index is 6.44. The Morgan fingerprint density at radius 2 is 0.860 bits per heavy atom. The summed E-state index contributed by atoms with van der Waals surface area (Å²) in [6.45, 7) is 0. The van der Waals surface area contributed by atoms with E-state index in [4.69, 9.17) is 4.42 Å². The molecule has 10 aromatic rings. The van der Waals surface area contributed by atoms with Gasteiger partial charge in [0.15, 0.2) is 0 Å². The van der Waals surface area contributed by atoms with Gasteiger partial charge in [-0.3, -0.25) is 0 Å². The number of hydrogen-bond acceptors (Lipinski definition) is 1. The first kappa shape index (κ1) is 28.4. The molecule has 0 bridgehead atoms. The minimum absolute atomic E-state index is 0.896. The Balaban J connectivity index is 1.37. The predicted octanol–water partition coefficient (Wildman–Crippen LogP) is 13.4. The second-order valence-electron chi connectivity index (χ2n) is 12.8. The van der Waals surface area contributed by atoms with E-state index < -0.39 is 0 Å². The third kappa shape index (κ3) is 4.43. The first-order chi connectivity index (χ1) is 24.8. The lowest BCUT2D eigenvalue weighted by molar-refractivity contribution is 0.669. The van der Waals surface area contributed by atoms with Gasteiger partial charge >= 0.3 is 0 Å². The smallest absolute Gasteiger partial charge is 0.136 e. The third-order valence-electron chi connectivity index (χ3n) is 10.0. The van der Waals surface area contributed by atoms with Gasteiger partial charge in [0.25, 0.3) is 0 Å². The second-order valence-corrected chi connectivity index (χ2v) is 12.8. The number of benzene rings is 8. The Labute approximate surface area is 290 Å². The van der Waals surface area contributed by atoms with Crippen LogP contribution in [0.25, 0.3) is 93.9 Å². The van der Waals surface area contributed by atoms with Gasteiger partial charge < -0.3 is 8.98 Å². The number of hydrogen-bond donors (Lipinski definition) is 0. The van der Waals surface area contributed by atoms with E-state index >= 15 is 0 Å². The molecular formula is C48H31NO. The van der Waals surface area contributed by atoms with Crippen molar-refractivity contribution in [1.82, 2.24) is 4.57 Å². The highest BCUT2D eigenvalue weighted by Crippen LogP contribution is 2.47. The fraction of sp³-hybridized carbons (Fsp3) is 0. The van der Waals surface area contributed by atoms with Crippen molar-refractivity contribution >= 4 is 43.5 Å². The minimum atomic E-state index is 0.896. The summed E-state index contributed by atoms with van der Waals surface area (Å²) in [5, 5.41) is 7.13. The van der Waals surface area contributed by atoms with Gasteiger partial charge in [-0.15, -0.1) is 0 Å². The zero-order chi connectivity index (χ0) is 33.0. The van der Waals surface area contributed by atoms with Crippen molar-refractivity contribution < 1.29 is 4.42 Å². The highest BCUT2D eigenvalue weighted by Gasteiger charge is 2.22. The molecule has 0 aliphatic rings. The number of para-hydroxylation sites is 1. The van der Waals surface area contributed by atoms with Crippen molar-refractivity contribution in [3.05, 3.63) is 188 Å². The average Bonchev–Trinajstić information content (AvgIpc) is 3.80. The molecule has 0 saturated heterocycles. The van der Waals surface area contributed by atoms with Crippen molar-refractivity contribution in [1.29, 1.82) is 0 Å². The fourth-order valence-electron chi connectivity index (χ4n) is 7.88. The molecular weight excluding hydrogens is 607 g/mol. The van der Waals surface area contributed by atoms with Crippen LogP contribution in [0.3, 0.4) is 0 Å². The van der Waals surface area contributed by atoms with Crippen LogP contribution in [0.4, 0.5) is 0 Å². The standard InChI is InChI=1S/C48H31NO/c1-4-15-32(16-5-1)42-29-30-43(33-17-6-2-7-18-33)49(42)35-27-28-38-41(31-35)47(37-22-11-10-21-36(37)46(38)34-19-8-3-9-20-34)40-24-14-26-45-48(40)39-23-12-13-25-44(39)50-45/h1-31H. The molecule has 0 aliphatic carbocycles. The zero-order valence-corrected chi connectivity index (χ0v) is 27.3. The zero-order valence-electron chi connectivity index (χ0n) is 27.3. The van der Waals surface area contributed by atoms with Gasteiger partial charge in [-0.05, 0) is 91.3 Å². The average molecular weight is 638 g/mol. The van der Waals surface area contributed by atoms with Crippen molar-refractivity contribution in [2.45, 2.75) is 0 Å². The monoisotopic (exact) mass is 637 g/mol. The SMILES string of the molecule is c1ccc(-c2c3ccccc3c(-c3cccc4oc5ccccc5c34)c3cc(-n4c(-c5ccccc5)ccc4-c4ccccc4)ccc23)cc1. The number of nitrogens with zero attached hydrogens (tertiary/aromatic N) is 1. The van der Waals surface area contributed by atoms with Crippen molar-refractivity contribution in [2.24, 2.45) is 0 Å². The van der Waals surface area contributed by atoms with Crippen LogP contribution in [0, 0.1) is 0 Å². The molecule has 50 heavy (non-hydrogen) atoms. The summed E-state index contributed by atoms with van der Waals surface area (Å²) in [7, 11) is 0. The number of fused-ring (bicyclic) bond motifs is 5. The molecule has 0 unspecified atom stereocenters. The number of furan rings is 1. The van der Waals surface area contributed by atoms with E-state index in [9.17, 15) is 0 Å². The molecule has 2 heterocycles. The first-order valence-electron chi connectivity index (χ1n) is 17.1. The van der Waals surface area contributed by atoms with Crippen LogP contribution >= 0.6 is 0 Å². The van der Waals surface area contributed by atoms with Gasteiger partial charge in [0.05, 0.1) is 11.4 Å². The van der Waals surface area contributed by atoms with E-state index in [2.05, 4.69) is 187 Å². The quantitative estimate of drug-likeness (QED) is 0.172. The van der Waals surface area contributed by atoms with Gasteiger partial charge in [-0.2, -0.15) is 0 Å². The third-order valence-corrected chi connectivity index (χ3v) is 10.0. The lowest BCUT2D eigenvalue weighted by atomic mass is 9.84. The van der Waals surface area contributed by atoms with Gasteiger partial charge in [0.2, 0.25) is 0 Å². The summed E-state index contributed by atoms with van der Waals surface area (Å²) >= 11 is 0. The number of aromatic nitrogens is 1. The van der Waals surface area contributed by atoms with Crippen LogP contribution in [-0.2, 0) is 0 Å². The molecule has 2 heteroatoms. The van der Waals surface area contributed by atoms with E-state index in [1.54, 1.807) is 0 Å². The molecule has 8 aromatic carbocycles. The summed E-state index contributed by atoms with van der Waals surface area (Å²) in [6, 6.07) is 67.5. The second kappa shape index (κ2) is 11.5. The summed E-state index contributed by atoms with van der Waals surface area (Å²) in [5.41, 5.74) is 12.4. The Kier molecular flexibility index (Phi) is 6.53. The molecule has 0 radical (unpaired) electrons. The summed E-state index contributed by atoms with van der Waals surface area (Å²) in [5.74, 6) is 0. The predicted molar refractivity (Wildman–Crippen MR) is 210 cm³/mol. The van der Waals surface area contributed by atoms with Gasteiger partial charge in [0.1, 0.15) is 11.2 Å². The van der Waals surface area contributed by atoms with Gasteiger partial charge in [-0.1, -0.05) is 152 Å². The van der Waals surface area contributed by atoms with Gasteiger partial charge in [-0.25, -0.2) is 0 Å². The van der Waals surface area contributed by atoms with E-state index in [1.165, 1.54) is 54.9 Å². The summed E-state index contributed by atoms with van der Waals surface area (Å²) in [6.07, 6.45) is 0. The van der Waals surface area contributed by atoms with Crippen LogP contribution in [0.2, 0.25) is 0 Å². The molecule has 234 valence electrons. The highest BCUT2D eigenvalue weighted by atomic mass is 16.3. The molecule has 0 amide bonds. The first-order valence-corrected chi connectivity index (χ1v) is 17.1. The maximum absolute atomic E-state index is 6.44. The van der Waals surface area contributed by atoms with Gasteiger partial charge in [0, 0.05) is 16.5 Å². The lowest BCUT2D eigenvalue weighted by Crippen LogP contribution is -2.00. The van der Waals surface area contributed by atoms with E-state index in [0.717, 1.165) is 39.0 Å². The lowest BCUT2D eigenvalue weighted by Gasteiger charge is -2.21. The molecule has 0 fully saturated rings. The molecule has 0 spiro atoms. The molecule has 0 atom stereocenters. The maximum Gasteiger partial charge on any atom is 0.136 e. The van der Waals surface area contributed by atoms with Crippen LogP contribution < -0.4 is 0 Å². The van der Waals surface area contributed by atoms with Crippen LogP contribution in [0.5, 0.6) is 0 Å². The summed E-state index contributed by atoms with van der Waals surface area (Å²) < 4.78 is 8.86. The Bertz CT molecular complexity index is 2790. The topological polar surface area (TPSA) is 18.1 Å². The minimum Gasteiger partial charge on any atom is -0.456 e. The molecule has 10 rings (SSSR count). The fourth-order valence-corrected chi connectivity index (χ4v) is 7.88. The molecule has 0 N–H and O–H groups in total. The Morgan fingerprint density at radius 1 is 0.340 bits per heavy atom. The van der Waals surface area contributed by atoms with E-state index in [-0.39, 0.29) is 0 Å². The highest BCUT2D eigenvalue weighted by molar-refractivity contribution is 6.25. The summed E-state index contributed by atoms with van der Waals surface area (Å²) in [4.78, 5) is 0. The van der Waals surface area contributed by atoms with Crippen LogP contribution in [-0.4, -0.2) is 4.57 Å². The Morgan fingerprint density at radius 3 is 1.52 bits per heavy atom. The largest absolute Gasteiger partial charge is 0.456 e. The molecule has 0 saturated carbocycles. The Hall–Kier alpha value is -6.64. The van der Waals surface area contributed by atoms with Crippen molar-refractivity contribution in [2.75, 3.05) is 0 Å².